The second-order valence-electron chi connectivity index (χ2n) is 5.83. The summed E-state index contributed by atoms with van der Waals surface area (Å²) in [6.07, 6.45) is 1.78. The van der Waals surface area contributed by atoms with Gasteiger partial charge in [0.25, 0.3) is 5.91 Å². The van der Waals surface area contributed by atoms with E-state index in [9.17, 15) is 4.79 Å². The third-order valence-electron chi connectivity index (χ3n) is 4.09. The molecule has 1 heterocycles. The zero-order chi connectivity index (χ0) is 18.7. The zero-order valence-corrected chi connectivity index (χ0v) is 15.9. The predicted octanol–water partition coefficient (Wildman–Crippen LogP) is 4.21. The van der Waals surface area contributed by atoms with Crippen LogP contribution >= 0.6 is 11.8 Å². The normalized spacial score (nSPS) is 16.8. The highest BCUT2D eigenvalue weighted by Crippen LogP contribution is 2.35. The summed E-state index contributed by atoms with van der Waals surface area (Å²) in [6, 6.07) is 11.5. The quantitative estimate of drug-likeness (QED) is 0.821. The molecule has 134 valence electrons. The van der Waals surface area contributed by atoms with Gasteiger partial charge in [-0.05, 0) is 61.0 Å². The number of amides is 1. The smallest absolute Gasteiger partial charge is 0.264 e. The number of hydrogen-bond donors (Lipinski definition) is 1. The van der Waals surface area contributed by atoms with E-state index >= 15 is 0 Å². The van der Waals surface area contributed by atoms with Gasteiger partial charge in [0.1, 0.15) is 0 Å². The van der Waals surface area contributed by atoms with Crippen molar-refractivity contribution in [2.75, 3.05) is 14.2 Å². The van der Waals surface area contributed by atoms with Crippen molar-refractivity contribution in [3.05, 3.63) is 58.0 Å². The van der Waals surface area contributed by atoms with Gasteiger partial charge in [0.05, 0.1) is 24.8 Å². The summed E-state index contributed by atoms with van der Waals surface area (Å²) < 4.78 is 10.7. The van der Waals surface area contributed by atoms with Crippen LogP contribution in [0, 0.1) is 13.8 Å². The fourth-order valence-corrected chi connectivity index (χ4v) is 3.39. The molecule has 2 aromatic rings. The summed E-state index contributed by atoms with van der Waals surface area (Å²) in [5.74, 6) is 1.03. The molecule has 0 aliphatic carbocycles. The zero-order valence-electron chi connectivity index (χ0n) is 15.1. The number of aliphatic imine (C=N–C) groups is 1. The minimum Gasteiger partial charge on any atom is -0.493 e. The second kappa shape index (κ2) is 7.66. The summed E-state index contributed by atoms with van der Waals surface area (Å²) >= 11 is 1.31. The Morgan fingerprint density at radius 1 is 1.08 bits per heavy atom. The Hall–Kier alpha value is -2.73. The summed E-state index contributed by atoms with van der Waals surface area (Å²) in [4.78, 5) is 17.4. The summed E-state index contributed by atoms with van der Waals surface area (Å²) in [5, 5.41) is 3.37. The molecule has 1 aliphatic heterocycles. The maximum Gasteiger partial charge on any atom is 0.264 e. The van der Waals surface area contributed by atoms with Gasteiger partial charge in [-0.1, -0.05) is 18.2 Å². The number of rotatable bonds is 4. The van der Waals surface area contributed by atoms with Gasteiger partial charge in [0, 0.05) is 5.56 Å². The molecule has 0 saturated carbocycles. The fraction of sp³-hybridized carbons (Fsp3) is 0.200. The molecule has 0 radical (unpaired) electrons. The first kappa shape index (κ1) is 18.1. The first-order valence-electron chi connectivity index (χ1n) is 8.09. The highest BCUT2D eigenvalue weighted by molar-refractivity contribution is 8.18. The number of thioether (sulfide) groups is 1. The number of methoxy groups -OCH3 is 2. The van der Waals surface area contributed by atoms with Gasteiger partial charge < -0.3 is 14.8 Å². The maximum absolute atomic E-state index is 12.3. The Kier molecular flexibility index (Phi) is 5.32. The van der Waals surface area contributed by atoms with Crippen LogP contribution in [0.5, 0.6) is 11.5 Å². The number of benzene rings is 2. The van der Waals surface area contributed by atoms with E-state index < -0.39 is 0 Å². The maximum atomic E-state index is 12.3. The van der Waals surface area contributed by atoms with Crippen LogP contribution in [0.4, 0.5) is 5.69 Å². The lowest BCUT2D eigenvalue weighted by atomic mass is 10.1. The molecule has 0 unspecified atom stereocenters. The van der Waals surface area contributed by atoms with Crippen LogP contribution in [0.1, 0.15) is 16.7 Å². The van der Waals surface area contributed by atoms with E-state index in [1.54, 1.807) is 20.3 Å². The molecule has 0 atom stereocenters. The van der Waals surface area contributed by atoms with E-state index in [1.807, 2.05) is 43.3 Å². The van der Waals surface area contributed by atoms with Crippen LogP contribution in [0.3, 0.4) is 0 Å². The van der Waals surface area contributed by atoms with Gasteiger partial charge in [-0.3, -0.25) is 4.79 Å². The van der Waals surface area contributed by atoms with Crippen LogP contribution in [-0.4, -0.2) is 25.3 Å². The standard InChI is InChI=1S/C20H20N2O3S/c1-12-8-9-15(10-13(12)2)21-20-22-19(23)17(26-20)11-14-6-5-7-16(24-3)18(14)25-4/h5-11H,1-4H3,(H,21,22,23)/b17-11-. The van der Waals surface area contributed by atoms with Crippen molar-refractivity contribution >= 4 is 34.6 Å². The number of amidine groups is 1. The number of hydrogen-bond acceptors (Lipinski definition) is 5. The average molecular weight is 368 g/mol. The van der Waals surface area contributed by atoms with Crippen LogP contribution in [0.2, 0.25) is 0 Å². The van der Waals surface area contributed by atoms with E-state index in [-0.39, 0.29) is 5.91 Å². The largest absolute Gasteiger partial charge is 0.493 e. The molecule has 1 fully saturated rings. The fourth-order valence-electron chi connectivity index (χ4n) is 2.56. The molecule has 1 amide bonds. The van der Waals surface area contributed by atoms with Crippen LogP contribution < -0.4 is 14.8 Å². The summed E-state index contributed by atoms with van der Waals surface area (Å²) in [7, 11) is 3.16. The molecule has 6 heteroatoms. The third kappa shape index (κ3) is 3.75. The lowest BCUT2D eigenvalue weighted by molar-refractivity contribution is -0.115. The van der Waals surface area contributed by atoms with Gasteiger partial charge in [-0.2, -0.15) is 0 Å². The SMILES string of the molecule is COc1cccc(/C=C2\SC(=Nc3ccc(C)c(C)c3)NC2=O)c1OC. The molecule has 0 spiro atoms. The molecule has 0 aromatic heterocycles. The first-order valence-corrected chi connectivity index (χ1v) is 8.91. The minimum atomic E-state index is -0.178. The molecule has 26 heavy (non-hydrogen) atoms. The molecule has 0 bridgehead atoms. The number of aryl methyl sites for hydroxylation is 2. The van der Waals surface area contributed by atoms with Crippen molar-refractivity contribution < 1.29 is 14.3 Å². The topological polar surface area (TPSA) is 59.9 Å². The first-order chi connectivity index (χ1) is 12.5. The van der Waals surface area contributed by atoms with E-state index in [2.05, 4.69) is 17.2 Å². The Bertz CT molecular complexity index is 919. The molecule has 1 N–H and O–H groups in total. The molecule has 3 rings (SSSR count). The Balaban J connectivity index is 1.89. The predicted molar refractivity (Wildman–Crippen MR) is 106 cm³/mol. The second-order valence-corrected chi connectivity index (χ2v) is 6.86. The molecular formula is C20H20N2O3S. The monoisotopic (exact) mass is 368 g/mol. The average Bonchev–Trinajstić information content (AvgIpc) is 2.97. The van der Waals surface area contributed by atoms with Gasteiger partial charge in [0.2, 0.25) is 0 Å². The molecule has 1 saturated heterocycles. The highest BCUT2D eigenvalue weighted by atomic mass is 32.2. The minimum absolute atomic E-state index is 0.178. The van der Waals surface area contributed by atoms with Crippen LogP contribution in [0.15, 0.2) is 46.3 Å². The summed E-state index contributed by atoms with van der Waals surface area (Å²) in [6.45, 7) is 4.10. The highest BCUT2D eigenvalue weighted by Gasteiger charge is 2.24. The van der Waals surface area contributed by atoms with Crippen molar-refractivity contribution in [1.82, 2.24) is 5.32 Å². The lowest BCUT2D eigenvalue weighted by Crippen LogP contribution is -2.19. The van der Waals surface area contributed by atoms with Gasteiger partial charge in [-0.25, -0.2) is 4.99 Å². The summed E-state index contributed by atoms with van der Waals surface area (Å²) in [5.41, 5.74) is 3.97. The van der Waals surface area contributed by atoms with E-state index in [0.29, 0.717) is 21.6 Å². The Morgan fingerprint density at radius 2 is 1.88 bits per heavy atom. The number of carbonyl (C=O) groups is 1. The van der Waals surface area contributed by atoms with Crippen molar-refractivity contribution in [2.45, 2.75) is 13.8 Å². The molecular weight excluding hydrogens is 348 g/mol. The lowest BCUT2D eigenvalue weighted by Gasteiger charge is -2.10. The van der Waals surface area contributed by atoms with Crippen molar-refractivity contribution in [1.29, 1.82) is 0 Å². The Labute approximate surface area is 157 Å². The third-order valence-corrected chi connectivity index (χ3v) is 5.00. The van der Waals surface area contributed by atoms with Gasteiger partial charge >= 0.3 is 0 Å². The van der Waals surface area contributed by atoms with Crippen LogP contribution in [0.25, 0.3) is 6.08 Å². The molecule has 1 aliphatic rings. The number of ether oxygens (including phenoxy) is 2. The van der Waals surface area contributed by atoms with Crippen molar-refractivity contribution in [2.24, 2.45) is 4.99 Å². The van der Waals surface area contributed by atoms with Crippen molar-refractivity contribution in [3.63, 3.8) is 0 Å². The molecule has 2 aromatic carbocycles. The molecule has 5 nitrogen and oxygen atoms in total. The number of nitrogens with zero attached hydrogens (tertiary/aromatic N) is 1. The van der Waals surface area contributed by atoms with E-state index in [4.69, 9.17) is 9.47 Å². The Morgan fingerprint density at radius 3 is 2.58 bits per heavy atom. The number of nitrogens with one attached hydrogen (secondary N) is 1. The number of para-hydroxylation sites is 1. The van der Waals surface area contributed by atoms with E-state index in [0.717, 1.165) is 16.8 Å². The van der Waals surface area contributed by atoms with Crippen LogP contribution in [-0.2, 0) is 4.79 Å². The van der Waals surface area contributed by atoms with E-state index in [1.165, 1.54) is 17.3 Å². The van der Waals surface area contributed by atoms with Gasteiger partial charge in [-0.15, -0.1) is 0 Å². The van der Waals surface area contributed by atoms with Crippen molar-refractivity contribution in [3.8, 4) is 11.5 Å². The van der Waals surface area contributed by atoms with Gasteiger partial charge in [0.15, 0.2) is 16.7 Å². The number of carbonyl (C=O) groups excluding carboxylic acids is 1.